The molecule has 0 atom stereocenters. The zero-order valence-corrected chi connectivity index (χ0v) is 13.7. The van der Waals surface area contributed by atoms with E-state index < -0.39 is 0 Å². The first-order valence-corrected chi connectivity index (χ1v) is 7.44. The number of unbranched alkanes of at least 4 members (excludes halogenated alkanes) is 1. The van der Waals surface area contributed by atoms with Crippen LogP contribution in [0.15, 0.2) is 0 Å². The molecule has 0 saturated heterocycles. The van der Waals surface area contributed by atoms with E-state index in [1.54, 1.807) is 4.90 Å². The van der Waals surface area contributed by atoms with Crippen molar-refractivity contribution in [3.63, 3.8) is 0 Å². The summed E-state index contributed by atoms with van der Waals surface area (Å²) in [5.74, 6) is -0.290. The quantitative estimate of drug-likeness (QED) is 0.708. The number of aromatic nitrogens is 1. The van der Waals surface area contributed by atoms with E-state index in [9.17, 15) is 4.79 Å². The number of carbonyl (C=O) groups excluding carboxylic acids is 1. The molecule has 1 rings (SSSR count). The van der Waals surface area contributed by atoms with Crippen LogP contribution in [0.25, 0.3) is 0 Å². The maximum atomic E-state index is 12.3. The molecule has 0 saturated carbocycles. The van der Waals surface area contributed by atoms with Crippen LogP contribution >= 0.6 is 46.4 Å². The zero-order chi connectivity index (χ0) is 14.6. The molecule has 19 heavy (non-hydrogen) atoms. The van der Waals surface area contributed by atoms with Crippen molar-refractivity contribution >= 4 is 52.3 Å². The van der Waals surface area contributed by atoms with Crippen LogP contribution in [-0.2, 0) is 0 Å². The summed E-state index contributed by atoms with van der Waals surface area (Å²) in [7, 11) is 0. The third kappa shape index (κ3) is 3.88. The second kappa shape index (κ2) is 7.53. The minimum Gasteiger partial charge on any atom is -0.338 e. The van der Waals surface area contributed by atoms with Crippen LogP contribution in [0, 0.1) is 0 Å². The van der Waals surface area contributed by atoms with Gasteiger partial charge >= 0.3 is 0 Å². The van der Waals surface area contributed by atoms with Gasteiger partial charge in [0, 0.05) is 13.1 Å². The Kier molecular flexibility index (Phi) is 6.67. The van der Waals surface area contributed by atoms with Crippen molar-refractivity contribution in [2.45, 2.75) is 26.7 Å². The summed E-state index contributed by atoms with van der Waals surface area (Å²) in [6.45, 7) is 5.15. The molecule has 0 aliphatic carbocycles. The van der Waals surface area contributed by atoms with Crippen molar-refractivity contribution in [2.24, 2.45) is 0 Å². The van der Waals surface area contributed by atoms with Crippen LogP contribution in [-0.4, -0.2) is 28.9 Å². The molecular formula is C12H14Cl4N2O. The fraction of sp³-hybridized carbons (Fsp3) is 0.500. The average Bonchev–Trinajstić information content (AvgIpc) is 2.41. The fourth-order valence-corrected chi connectivity index (χ4v) is 2.34. The number of halogens is 4. The van der Waals surface area contributed by atoms with E-state index in [2.05, 4.69) is 11.9 Å². The molecule has 0 spiro atoms. The summed E-state index contributed by atoms with van der Waals surface area (Å²) >= 11 is 23.6. The van der Waals surface area contributed by atoms with Crippen molar-refractivity contribution in [3.05, 3.63) is 25.9 Å². The van der Waals surface area contributed by atoms with Crippen molar-refractivity contribution in [3.8, 4) is 0 Å². The van der Waals surface area contributed by atoms with Crippen LogP contribution in [0.3, 0.4) is 0 Å². The number of amides is 1. The monoisotopic (exact) mass is 342 g/mol. The molecule has 0 radical (unpaired) electrons. The van der Waals surface area contributed by atoms with Gasteiger partial charge in [-0.05, 0) is 13.3 Å². The first-order valence-electron chi connectivity index (χ1n) is 5.93. The van der Waals surface area contributed by atoms with Crippen LogP contribution in [0.2, 0.25) is 20.2 Å². The van der Waals surface area contributed by atoms with Gasteiger partial charge in [-0.25, -0.2) is 4.98 Å². The van der Waals surface area contributed by atoms with Gasteiger partial charge in [0.15, 0.2) is 0 Å². The van der Waals surface area contributed by atoms with Gasteiger partial charge in [0.25, 0.3) is 5.91 Å². The Morgan fingerprint density at radius 2 is 1.74 bits per heavy atom. The first-order chi connectivity index (χ1) is 8.93. The fourth-order valence-electron chi connectivity index (χ4n) is 1.53. The van der Waals surface area contributed by atoms with E-state index >= 15 is 0 Å². The lowest BCUT2D eigenvalue weighted by Crippen LogP contribution is -2.32. The van der Waals surface area contributed by atoms with Gasteiger partial charge in [-0.15, -0.1) is 0 Å². The van der Waals surface area contributed by atoms with Crippen molar-refractivity contribution in [1.29, 1.82) is 0 Å². The van der Waals surface area contributed by atoms with E-state index in [-0.39, 0.29) is 31.8 Å². The minimum absolute atomic E-state index is 0.0223. The van der Waals surface area contributed by atoms with Crippen molar-refractivity contribution in [2.75, 3.05) is 13.1 Å². The molecule has 3 nitrogen and oxygen atoms in total. The molecule has 7 heteroatoms. The summed E-state index contributed by atoms with van der Waals surface area (Å²) in [5, 5.41) is 0.127. The summed E-state index contributed by atoms with van der Waals surface area (Å²) in [5.41, 5.74) is 0.0408. The van der Waals surface area contributed by atoms with Gasteiger partial charge in [0.05, 0.1) is 15.1 Å². The summed E-state index contributed by atoms with van der Waals surface area (Å²) in [6.07, 6.45) is 1.90. The van der Waals surface area contributed by atoms with Crippen LogP contribution in [0.1, 0.15) is 37.2 Å². The zero-order valence-electron chi connectivity index (χ0n) is 10.6. The SMILES string of the molecule is CCCCN(CC)C(=O)c1nc(Cl)c(Cl)c(Cl)c1Cl. The van der Waals surface area contributed by atoms with Gasteiger partial charge in [-0.3, -0.25) is 4.79 Å². The van der Waals surface area contributed by atoms with Gasteiger partial charge in [-0.1, -0.05) is 59.7 Å². The molecule has 0 aromatic carbocycles. The summed E-state index contributed by atoms with van der Waals surface area (Å²) in [4.78, 5) is 17.9. The largest absolute Gasteiger partial charge is 0.338 e. The highest BCUT2D eigenvalue weighted by molar-refractivity contribution is 6.52. The van der Waals surface area contributed by atoms with E-state index in [0.29, 0.717) is 13.1 Å². The Morgan fingerprint density at radius 1 is 1.11 bits per heavy atom. The lowest BCUT2D eigenvalue weighted by molar-refractivity contribution is 0.0756. The molecule has 1 amide bonds. The number of hydrogen-bond donors (Lipinski definition) is 0. The Balaban J connectivity index is 3.11. The van der Waals surface area contributed by atoms with Crippen LogP contribution in [0.5, 0.6) is 0 Å². The molecule has 0 fully saturated rings. The van der Waals surface area contributed by atoms with Crippen molar-refractivity contribution < 1.29 is 4.79 Å². The molecule has 106 valence electrons. The number of carbonyl (C=O) groups is 1. The number of nitrogens with zero attached hydrogens (tertiary/aromatic N) is 2. The normalized spacial score (nSPS) is 10.6. The molecule has 1 heterocycles. The second-order valence-corrected chi connectivity index (χ2v) is 5.42. The van der Waals surface area contributed by atoms with Gasteiger partial charge in [-0.2, -0.15) is 0 Å². The van der Waals surface area contributed by atoms with Gasteiger partial charge in [0.1, 0.15) is 10.8 Å². The van der Waals surface area contributed by atoms with E-state index in [1.165, 1.54) is 0 Å². The average molecular weight is 344 g/mol. The number of hydrogen-bond acceptors (Lipinski definition) is 2. The Labute approximate surface area is 132 Å². The summed E-state index contributed by atoms with van der Waals surface area (Å²) < 4.78 is 0. The molecule has 0 aliphatic heterocycles. The predicted octanol–water partition coefficient (Wildman–Crippen LogP) is 4.96. The van der Waals surface area contributed by atoms with Gasteiger partial charge < -0.3 is 4.90 Å². The lowest BCUT2D eigenvalue weighted by Gasteiger charge is -2.21. The molecule has 0 unspecified atom stereocenters. The molecule has 0 aliphatic rings. The maximum Gasteiger partial charge on any atom is 0.274 e. The third-order valence-electron chi connectivity index (χ3n) is 2.64. The highest BCUT2D eigenvalue weighted by atomic mass is 35.5. The van der Waals surface area contributed by atoms with E-state index in [4.69, 9.17) is 46.4 Å². The second-order valence-electron chi connectivity index (χ2n) is 3.93. The topological polar surface area (TPSA) is 33.2 Å². The predicted molar refractivity (Wildman–Crippen MR) is 80.8 cm³/mol. The maximum absolute atomic E-state index is 12.3. The van der Waals surface area contributed by atoms with E-state index in [1.807, 2.05) is 6.92 Å². The van der Waals surface area contributed by atoms with Crippen molar-refractivity contribution in [1.82, 2.24) is 9.88 Å². The molecule has 0 bridgehead atoms. The number of rotatable bonds is 5. The standard InChI is InChI=1S/C12H14Cl4N2O/c1-3-5-6-18(4-2)12(19)10-8(14)7(13)9(15)11(16)17-10/h3-6H2,1-2H3. The van der Waals surface area contributed by atoms with Crippen LogP contribution in [0.4, 0.5) is 0 Å². The highest BCUT2D eigenvalue weighted by Crippen LogP contribution is 2.36. The van der Waals surface area contributed by atoms with Crippen LogP contribution < -0.4 is 0 Å². The first kappa shape index (κ1) is 16.8. The Morgan fingerprint density at radius 3 is 2.26 bits per heavy atom. The molecule has 1 aromatic heterocycles. The van der Waals surface area contributed by atoms with E-state index in [0.717, 1.165) is 12.8 Å². The Bertz CT molecular complexity index is 479. The number of pyridine rings is 1. The third-order valence-corrected chi connectivity index (χ3v) is 4.32. The lowest BCUT2D eigenvalue weighted by atomic mass is 10.2. The molecular weight excluding hydrogens is 330 g/mol. The Hall–Kier alpha value is -0.220. The van der Waals surface area contributed by atoms with Gasteiger partial charge in [0.2, 0.25) is 0 Å². The highest BCUT2D eigenvalue weighted by Gasteiger charge is 2.23. The summed E-state index contributed by atoms with van der Waals surface area (Å²) in [6, 6.07) is 0. The molecule has 0 N–H and O–H groups in total. The minimum atomic E-state index is -0.290. The molecule has 1 aromatic rings. The smallest absolute Gasteiger partial charge is 0.274 e.